The number of nitrogens with one attached hydrogen (secondary N) is 2. The van der Waals surface area contributed by atoms with Crippen LogP contribution in [0.2, 0.25) is 0 Å². The molecule has 10 heteroatoms. The predicted molar refractivity (Wildman–Crippen MR) is 91.1 cm³/mol. The number of nitrogens with zero attached hydrogens (tertiary/aromatic N) is 3. The Kier molecular flexibility index (Phi) is 5.88. The maximum atomic E-state index is 11.9. The van der Waals surface area contributed by atoms with E-state index in [1.54, 1.807) is 12.1 Å². The zero-order valence-electron chi connectivity index (χ0n) is 12.5. The highest BCUT2D eigenvalue weighted by Gasteiger charge is 2.15. The average Bonchev–Trinajstić information content (AvgIpc) is 2.92. The Morgan fingerprint density at radius 1 is 1.39 bits per heavy atom. The monoisotopic (exact) mass is 353 g/mol. The van der Waals surface area contributed by atoms with Crippen LogP contribution in [0.3, 0.4) is 0 Å². The molecule has 0 atom stereocenters. The zero-order valence-corrected chi connectivity index (χ0v) is 14.1. The molecule has 1 aromatic heterocycles. The summed E-state index contributed by atoms with van der Waals surface area (Å²) in [6.45, 7) is 3.99. The minimum atomic E-state index is -0.530. The Morgan fingerprint density at radius 3 is 2.83 bits per heavy atom. The third kappa shape index (κ3) is 5.18. The Bertz CT molecular complexity index is 704. The van der Waals surface area contributed by atoms with Crippen LogP contribution in [0.5, 0.6) is 0 Å². The van der Waals surface area contributed by atoms with Crippen molar-refractivity contribution in [1.82, 2.24) is 10.2 Å². The lowest BCUT2D eigenvalue weighted by Crippen LogP contribution is -2.15. The van der Waals surface area contributed by atoms with Gasteiger partial charge in [-0.2, -0.15) is 0 Å². The largest absolute Gasteiger partial charge is 0.358 e. The van der Waals surface area contributed by atoms with Crippen molar-refractivity contribution >= 4 is 45.5 Å². The molecule has 1 heterocycles. The fourth-order valence-electron chi connectivity index (χ4n) is 1.63. The number of rotatable bonds is 7. The van der Waals surface area contributed by atoms with Gasteiger partial charge in [0.2, 0.25) is 11.0 Å². The molecular formula is C13H15N5O3S2. The minimum Gasteiger partial charge on any atom is -0.358 e. The summed E-state index contributed by atoms with van der Waals surface area (Å²) in [5, 5.41) is 25.2. The first-order valence-corrected chi connectivity index (χ1v) is 8.52. The molecule has 0 unspecified atom stereocenters. The summed E-state index contributed by atoms with van der Waals surface area (Å²) in [4.78, 5) is 22.3. The standard InChI is InChI=1S/C13H15N5O3S2/c1-8(2)14-12-16-17-13(23-12)22-7-11(19)15-9-5-3-4-6-10(9)18(20)21/h3-6,8H,7H2,1-2H3,(H,14,16)(H,15,19). The quantitative estimate of drug-likeness (QED) is 0.447. The van der Waals surface area contributed by atoms with Crippen LogP contribution in [-0.4, -0.2) is 32.8 Å². The number of anilines is 2. The highest BCUT2D eigenvalue weighted by atomic mass is 32.2. The molecular weight excluding hydrogens is 338 g/mol. The number of hydrogen-bond acceptors (Lipinski definition) is 8. The Morgan fingerprint density at radius 2 is 2.13 bits per heavy atom. The Hall–Kier alpha value is -2.20. The molecule has 0 saturated carbocycles. The van der Waals surface area contributed by atoms with Crippen LogP contribution in [-0.2, 0) is 4.79 Å². The first-order valence-electron chi connectivity index (χ1n) is 6.72. The summed E-state index contributed by atoms with van der Waals surface area (Å²) in [6.07, 6.45) is 0. The van der Waals surface area contributed by atoms with Gasteiger partial charge in [0.25, 0.3) is 5.69 Å². The normalized spacial score (nSPS) is 10.6. The van der Waals surface area contributed by atoms with Crippen molar-refractivity contribution in [2.75, 3.05) is 16.4 Å². The molecule has 0 aliphatic rings. The van der Waals surface area contributed by atoms with Crippen molar-refractivity contribution in [3.63, 3.8) is 0 Å². The molecule has 0 fully saturated rings. The summed E-state index contributed by atoms with van der Waals surface area (Å²) < 4.78 is 0.658. The summed E-state index contributed by atoms with van der Waals surface area (Å²) >= 11 is 2.59. The molecule has 0 aliphatic carbocycles. The first kappa shape index (κ1) is 17.2. The molecule has 8 nitrogen and oxygen atoms in total. The Balaban J connectivity index is 1.91. The fourth-order valence-corrected chi connectivity index (χ4v) is 3.32. The van der Waals surface area contributed by atoms with Crippen molar-refractivity contribution in [2.45, 2.75) is 24.2 Å². The molecule has 0 aliphatic heterocycles. The van der Waals surface area contributed by atoms with Gasteiger partial charge in [0.05, 0.1) is 10.7 Å². The van der Waals surface area contributed by atoms with Crippen molar-refractivity contribution in [1.29, 1.82) is 0 Å². The highest BCUT2D eigenvalue weighted by Crippen LogP contribution is 2.27. The van der Waals surface area contributed by atoms with Gasteiger partial charge in [-0.1, -0.05) is 35.2 Å². The van der Waals surface area contributed by atoms with Crippen molar-refractivity contribution in [3.05, 3.63) is 34.4 Å². The van der Waals surface area contributed by atoms with Gasteiger partial charge < -0.3 is 10.6 Å². The number of benzene rings is 1. The van der Waals surface area contributed by atoms with E-state index >= 15 is 0 Å². The molecule has 1 amide bonds. The van der Waals surface area contributed by atoms with Crippen LogP contribution in [0, 0.1) is 10.1 Å². The molecule has 2 aromatic rings. The molecule has 23 heavy (non-hydrogen) atoms. The van der Waals surface area contributed by atoms with E-state index in [-0.39, 0.29) is 29.1 Å². The van der Waals surface area contributed by atoms with Gasteiger partial charge >= 0.3 is 0 Å². The summed E-state index contributed by atoms with van der Waals surface area (Å²) in [6, 6.07) is 6.27. The highest BCUT2D eigenvalue weighted by molar-refractivity contribution is 8.01. The number of hydrogen-bond donors (Lipinski definition) is 2. The number of carbonyl (C=O) groups is 1. The fraction of sp³-hybridized carbons (Fsp3) is 0.308. The third-order valence-electron chi connectivity index (χ3n) is 2.52. The lowest BCUT2D eigenvalue weighted by atomic mass is 10.2. The average molecular weight is 353 g/mol. The Labute approximate surface area is 140 Å². The lowest BCUT2D eigenvalue weighted by Gasteiger charge is -2.04. The summed E-state index contributed by atoms with van der Waals surface area (Å²) in [5.74, 6) is -0.236. The van der Waals surface area contributed by atoms with E-state index in [0.717, 1.165) is 0 Å². The maximum Gasteiger partial charge on any atom is 0.292 e. The van der Waals surface area contributed by atoms with E-state index in [2.05, 4.69) is 20.8 Å². The minimum absolute atomic E-state index is 0.0996. The van der Waals surface area contributed by atoms with E-state index in [1.807, 2.05) is 13.8 Å². The molecule has 2 rings (SSSR count). The number of carbonyl (C=O) groups excluding carboxylic acids is 1. The van der Waals surface area contributed by atoms with Crippen LogP contribution in [0.1, 0.15) is 13.8 Å². The molecule has 0 saturated heterocycles. The van der Waals surface area contributed by atoms with Crippen LogP contribution in [0.15, 0.2) is 28.6 Å². The second-order valence-corrected chi connectivity index (χ2v) is 6.98. The maximum absolute atomic E-state index is 11.9. The number of nitro benzene ring substituents is 1. The predicted octanol–water partition coefficient (Wildman–Crippen LogP) is 3.00. The van der Waals surface area contributed by atoms with E-state index in [1.165, 1.54) is 35.2 Å². The van der Waals surface area contributed by atoms with Gasteiger partial charge in [0.15, 0.2) is 4.34 Å². The van der Waals surface area contributed by atoms with Gasteiger partial charge in [-0.05, 0) is 19.9 Å². The van der Waals surface area contributed by atoms with E-state index in [9.17, 15) is 14.9 Å². The number of amides is 1. The number of nitro groups is 1. The molecule has 0 bridgehead atoms. The molecule has 0 spiro atoms. The first-order chi connectivity index (χ1) is 11.0. The van der Waals surface area contributed by atoms with E-state index < -0.39 is 4.92 Å². The number of para-hydroxylation sites is 2. The van der Waals surface area contributed by atoms with Crippen molar-refractivity contribution < 1.29 is 9.72 Å². The van der Waals surface area contributed by atoms with E-state index in [4.69, 9.17) is 0 Å². The van der Waals surface area contributed by atoms with Crippen LogP contribution in [0.4, 0.5) is 16.5 Å². The number of thioether (sulfide) groups is 1. The second kappa shape index (κ2) is 7.88. The number of aromatic nitrogens is 2. The molecule has 1 aromatic carbocycles. The third-order valence-corrected chi connectivity index (χ3v) is 4.51. The van der Waals surface area contributed by atoms with Gasteiger partial charge in [-0.3, -0.25) is 14.9 Å². The lowest BCUT2D eigenvalue weighted by molar-refractivity contribution is -0.383. The van der Waals surface area contributed by atoms with Crippen LogP contribution >= 0.6 is 23.1 Å². The topological polar surface area (TPSA) is 110 Å². The van der Waals surface area contributed by atoms with Gasteiger partial charge in [-0.15, -0.1) is 10.2 Å². The molecule has 122 valence electrons. The van der Waals surface area contributed by atoms with E-state index in [0.29, 0.717) is 9.47 Å². The van der Waals surface area contributed by atoms with Gasteiger partial charge in [0, 0.05) is 12.1 Å². The molecule has 0 radical (unpaired) electrons. The summed E-state index contributed by atoms with van der Waals surface area (Å²) in [5.41, 5.74) is 0.0488. The van der Waals surface area contributed by atoms with Gasteiger partial charge in [-0.25, -0.2) is 0 Å². The van der Waals surface area contributed by atoms with Gasteiger partial charge in [0.1, 0.15) is 5.69 Å². The van der Waals surface area contributed by atoms with Crippen molar-refractivity contribution in [3.8, 4) is 0 Å². The van der Waals surface area contributed by atoms with Crippen LogP contribution in [0.25, 0.3) is 0 Å². The zero-order chi connectivity index (χ0) is 16.8. The summed E-state index contributed by atoms with van der Waals surface area (Å²) in [7, 11) is 0. The smallest absolute Gasteiger partial charge is 0.292 e. The second-order valence-electron chi connectivity index (χ2n) is 4.78. The molecule has 2 N–H and O–H groups in total. The van der Waals surface area contributed by atoms with Crippen LogP contribution < -0.4 is 10.6 Å². The van der Waals surface area contributed by atoms with Crippen molar-refractivity contribution in [2.24, 2.45) is 0 Å². The SMILES string of the molecule is CC(C)Nc1nnc(SCC(=O)Nc2ccccc2[N+](=O)[O-])s1.